The van der Waals surface area contributed by atoms with E-state index in [0.717, 1.165) is 5.56 Å². The Bertz CT molecular complexity index is 910. The summed E-state index contributed by atoms with van der Waals surface area (Å²) in [4.78, 5) is 27.2. The van der Waals surface area contributed by atoms with Crippen LogP contribution in [0.25, 0.3) is 0 Å². The summed E-state index contributed by atoms with van der Waals surface area (Å²) < 4.78 is 5.67. The van der Waals surface area contributed by atoms with Crippen LogP contribution in [-0.4, -0.2) is 16.9 Å². The maximum Gasteiger partial charge on any atom is 0.316 e. The Morgan fingerprint density at radius 3 is 2.19 bits per heavy atom. The number of nitrogens with one attached hydrogen (secondary N) is 2. The molecular weight excluding hydrogens is 344 g/mol. The van der Waals surface area contributed by atoms with E-state index in [1.807, 2.05) is 12.1 Å². The highest BCUT2D eigenvalue weighted by molar-refractivity contribution is 6.04. The minimum absolute atomic E-state index is 0.246. The molecule has 0 atom stereocenters. The minimum Gasteiger partial charge on any atom is -0.489 e. The molecule has 3 aromatic rings. The van der Waals surface area contributed by atoms with Gasteiger partial charge in [0.15, 0.2) is 0 Å². The standard InChI is InChI=1S/C20H18N4O3/c21-20(26)24-17-7-5-16(6-8-17)23-19(25)15-3-9-18(10-4-15)27-13-14-2-1-11-22-12-14/h1-12H,13H2,(H,23,25)(H3,21,24,26). The van der Waals surface area contributed by atoms with Gasteiger partial charge in [0.25, 0.3) is 5.91 Å². The summed E-state index contributed by atoms with van der Waals surface area (Å²) in [6.45, 7) is 0.408. The molecule has 0 aliphatic rings. The molecular formula is C20H18N4O3. The molecule has 7 heteroatoms. The van der Waals surface area contributed by atoms with Gasteiger partial charge in [-0.15, -0.1) is 0 Å². The lowest BCUT2D eigenvalue weighted by atomic mass is 10.2. The van der Waals surface area contributed by atoms with Gasteiger partial charge >= 0.3 is 6.03 Å². The summed E-state index contributed by atoms with van der Waals surface area (Å²) in [5.74, 6) is 0.418. The molecule has 1 heterocycles. The SMILES string of the molecule is NC(=O)Nc1ccc(NC(=O)c2ccc(OCc3cccnc3)cc2)cc1. The summed E-state index contributed by atoms with van der Waals surface area (Å²) in [6.07, 6.45) is 3.45. The van der Waals surface area contributed by atoms with Crippen LogP contribution in [0.4, 0.5) is 16.2 Å². The number of carbonyl (C=O) groups is 2. The number of amides is 3. The summed E-state index contributed by atoms with van der Waals surface area (Å²) in [5, 5.41) is 5.24. The monoisotopic (exact) mass is 362 g/mol. The Morgan fingerprint density at radius 1 is 0.926 bits per heavy atom. The van der Waals surface area contributed by atoms with Crippen LogP contribution in [0.5, 0.6) is 5.75 Å². The van der Waals surface area contributed by atoms with Gasteiger partial charge in [-0.3, -0.25) is 9.78 Å². The molecule has 1 aromatic heterocycles. The van der Waals surface area contributed by atoms with E-state index >= 15 is 0 Å². The second kappa shape index (κ2) is 8.48. The van der Waals surface area contributed by atoms with E-state index in [1.54, 1.807) is 60.9 Å². The second-order valence-corrected chi connectivity index (χ2v) is 5.70. The number of carbonyl (C=O) groups excluding carboxylic acids is 2. The normalized spacial score (nSPS) is 10.1. The number of hydrogen-bond donors (Lipinski definition) is 3. The van der Waals surface area contributed by atoms with Crippen LogP contribution >= 0.6 is 0 Å². The van der Waals surface area contributed by atoms with Crippen molar-refractivity contribution in [2.75, 3.05) is 10.6 Å². The predicted molar refractivity (Wildman–Crippen MR) is 103 cm³/mol. The van der Waals surface area contributed by atoms with Gasteiger partial charge in [0.05, 0.1) is 0 Å². The first-order valence-electron chi connectivity index (χ1n) is 8.20. The largest absolute Gasteiger partial charge is 0.489 e. The Kier molecular flexibility index (Phi) is 5.64. The van der Waals surface area contributed by atoms with E-state index in [4.69, 9.17) is 10.5 Å². The molecule has 3 rings (SSSR count). The number of aromatic nitrogens is 1. The van der Waals surface area contributed by atoms with Crippen molar-refractivity contribution in [1.29, 1.82) is 0 Å². The topological polar surface area (TPSA) is 106 Å². The molecule has 3 amide bonds. The van der Waals surface area contributed by atoms with Gasteiger partial charge < -0.3 is 21.1 Å². The number of primary amides is 1. The quantitative estimate of drug-likeness (QED) is 0.625. The van der Waals surface area contributed by atoms with Crippen LogP contribution in [0, 0.1) is 0 Å². The third-order valence-corrected chi connectivity index (χ3v) is 3.66. The van der Waals surface area contributed by atoms with Crippen LogP contribution in [-0.2, 0) is 6.61 Å². The highest BCUT2D eigenvalue weighted by Crippen LogP contribution is 2.17. The van der Waals surface area contributed by atoms with Crippen molar-refractivity contribution in [2.24, 2.45) is 5.73 Å². The molecule has 136 valence electrons. The van der Waals surface area contributed by atoms with E-state index in [2.05, 4.69) is 15.6 Å². The Balaban J connectivity index is 1.56. The molecule has 0 bridgehead atoms. The predicted octanol–water partition coefficient (Wildman–Crippen LogP) is 3.40. The van der Waals surface area contributed by atoms with Crippen molar-refractivity contribution >= 4 is 23.3 Å². The van der Waals surface area contributed by atoms with Crippen molar-refractivity contribution in [1.82, 2.24) is 4.98 Å². The minimum atomic E-state index is -0.641. The van der Waals surface area contributed by atoms with Crippen LogP contribution in [0.2, 0.25) is 0 Å². The van der Waals surface area contributed by atoms with Crippen molar-refractivity contribution in [3.63, 3.8) is 0 Å². The number of benzene rings is 2. The highest BCUT2D eigenvalue weighted by atomic mass is 16.5. The van der Waals surface area contributed by atoms with E-state index in [-0.39, 0.29) is 5.91 Å². The maximum absolute atomic E-state index is 12.3. The molecule has 4 N–H and O–H groups in total. The molecule has 27 heavy (non-hydrogen) atoms. The number of nitrogens with two attached hydrogens (primary N) is 1. The maximum atomic E-state index is 12.3. The van der Waals surface area contributed by atoms with Crippen molar-refractivity contribution in [3.05, 3.63) is 84.2 Å². The zero-order valence-corrected chi connectivity index (χ0v) is 14.4. The summed E-state index contributed by atoms with van der Waals surface area (Å²) in [6, 6.07) is 16.7. The fraction of sp³-hybridized carbons (Fsp3) is 0.0500. The lowest BCUT2D eigenvalue weighted by Crippen LogP contribution is -2.19. The molecule has 0 fully saturated rings. The van der Waals surface area contributed by atoms with Gasteiger partial charge in [-0.1, -0.05) is 6.07 Å². The summed E-state index contributed by atoms with van der Waals surface area (Å²) in [7, 11) is 0. The van der Waals surface area contributed by atoms with Crippen molar-refractivity contribution < 1.29 is 14.3 Å². The first-order chi connectivity index (χ1) is 13.1. The molecule has 0 spiro atoms. The van der Waals surface area contributed by atoms with Crippen LogP contribution in [0.3, 0.4) is 0 Å². The lowest BCUT2D eigenvalue weighted by Gasteiger charge is -2.09. The third kappa shape index (κ3) is 5.30. The average Bonchev–Trinajstić information content (AvgIpc) is 2.69. The number of anilines is 2. The Morgan fingerprint density at radius 2 is 1.59 bits per heavy atom. The third-order valence-electron chi connectivity index (χ3n) is 3.66. The van der Waals surface area contributed by atoms with Crippen LogP contribution in [0.15, 0.2) is 73.1 Å². The molecule has 2 aromatic carbocycles. The first-order valence-corrected chi connectivity index (χ1v) is 8.20. The van der Waals surface area contributed by atoms with E-state index < -0.39 is 6.03 Å². The molecule has 0 unspecified atom stereocenters. The number of rotatable bonds is 6. The zero-order valence-electron chi connectivity index (χ0n) is 14.4. The number of ether oxygens (including phenoxy) is 1. The van der Waals surface area contributed by atoms with Gasteiger partial charge in [0, 0.05) is 34.9 Å². The number of pyridine rings is 1. The molecule has 0 radical (unpaired) electrons. The zero-order chi connectivity index (χ0) is 19.1. The van der Waals surface area contributed by atoms with Crippen molar-refractivity contribution in [2.45, 2.75) is 6.61 Å². The second-order valence-electron chi connectivity index (χ2n) is 5.70. The first kappa shape index (κ1) is 17.9. The highest BCUT2D eigenvalue weighted by Gasteiger charge is 2.07. The van der Waals surface area contributed by atoms with Gasteiger partial charge in [-0.25, -0.2) is 4.79 Å². The van der Waals surface area contributed by atoms with E-state index in [0.29, 0.717) is 29.3 Å². The molecule has 0 saturated heterocycles. The van der Waals surface area contributed by atoms with Crippen LogP contribution < -0.4 is 21.1 Å². The fourth-order valence-electron chi connectivity index (χ4n) is 2.34. The van der Waals surface area contributed by atoms with Gasteiger partial charge in [-0.05, 0) is 54.6 Å². The molecule has 0 aliphatic carbocycles. The number of hydrogen-bond acceptors (Lipinski definition) is 4. The van der Waals surface area contributed by atoms with E-state index in [9.17, 15) is 9.59 Å². The lowest BCUT2D eigenvalue weighted by molar-refractivity contribution is 0.102. The van der Waals surface area contributed by atoms with Crippen molar-refractivity contribution in [3.8, 4) is 5.75 Å². The van der Waals surface area contributed by atoms with Gasteiger partial charge in [0.2, 0.25) is 0 Å². The van der Waals surface area contributed by atoms with Gasteiger partial charge in [-0.2, -0.15) is 0 Å². The number of nitrogens with zero attached hydrogens (tertiary/aromatic N) is 1. The average molecular weight is 362 g/mol. The number of urea groups is 1. The molecule has 0 aliphatic heterocycles. The van der Waals surface area contributed by atoms with E-state index in [1.165, 1.54) is 0 Å². The van der Waals surface area contributed by atoms with Crippen LogP contribution in [0.1, 0.15) is 15.9 Å². The molecule has 7 nitrogen and oxygen atoms in total. The fourth-order valence-corrected chi connectivity index (χ4v) is 2.34. The summed E-state index contributed by atoms with van der Waals surface area (Å²) >= 11 is 0. The van der Waals surface area contributed by atoms with Gasteiger partial charge in [0.1, 0.15) is 12.4 Å². The smallest absolute Gasteiger partial charge is 0.316 e. The Labute approximate surface area is 156 Å². The summed E-state index contributed by atoms with van der Waals surface area (Å²) in [5.41, 5.74) is 7.68. The molecule has 0 saturated carbocycles. The Hall–Kier alpha value is -3.87.